The Bertz CT molecular complexity index is 363. The fourth-order valence-corrected chi connectivity index (χ4v) is 1.94. The summed E-state index contributed by atoms with van der Waals surface area (Å²) in [6.45, 7) is 0. The zero-order valence-corrected chi connectivity index (χ0v) is 9.22. The standard InChI is InChI=1S/C10H12BrFN2/c11-7-3-6(9(13)4-8(7)12)10(14)5-1-2-5/h3-5,10H,1-2,13-14H2/t10-/m0/s1. The molecular formula is C10H12BrFN2. The molecular weight excluding hydrogens is 247 g/mol. The van der Waals surface area contributed by atoms with Gasteiger partial charge >= 0.3 is 0 Å². The fraction of sp³-hybridized carbons (Fsp3) is 0.400. The van der Waals surface area contributed by atoms with E-state index in [0.717, 1.165) is 18.4 Å². The van der Waals surface area contributed by atoms with Gasteiger partial charge in [0.2, 0.25) is 0 Å². The number of halogens is 2. The zero-order valence-electron chi connectivity index (χ0n) is 7.63. The van der Waals surface area contributed by atoms with Gasteiger partial charge in [-0.15, -0.1) is 0 Å². The van der Waals surface area contributed by atoms with Crippen LogP contribution in [0.15, 0.2) is 16.6 Å². The average Bonchev–Trinajstić information content (AvgIpc) is 2.93. The SMILES string of the molecule is Nc1cc(F)c(Br)cc1[C@@H](N)C1CC1. The minimum absolute atomic E-state index is 0.0492. The molecule has 0 aromatic heterocycles. The van der Waals surface area contributed by atoms with Crippen LogP contribution in [0.2, 0.25) is 0 Å². The second-order valence-electron chi connectivity index (χ2n) is 3.76. The lowest BCUT2D eigenvalue weighted by atomic mass is 10.0. The van der Waals surface area contributed by atoms with Gasteiger partial charge in [-0.25, -0.2) is 4.39 Å². The summed E-state index contributed by atoms with van der Waals surface area (Å²) in [7, 11) is 0. The molecule has 2 nitrogen and oxygen atoms in total. The molecule has 0 bridgehead atoms. The van der Waals surface area contributed by atoms with Gasteiger partial charge in [0.05, 0.1) is 4.47 Å². The van der Waals surface area contributed by atoms with Gasteiger partial charge in [-0.3, -0.25) is 0 Å². The van der Waals surface area contributed by atoms with Gasteiger partial charge in [-0.05, 0) is 52.4 Å². The molecule has 1 fully saturated rings. The van der Waals surface area contributed by atoms with E-state index in [2.05, 4.69) is 15.9 Å². The van der Waals surface area contributed by atoms with Crippen LogP contribution < -0.4 is 11.5 Å². The molecule has 0 amide bonds. The first-order chi connectivity index (χ1) is 6.59. The highest BCUT2D eigenvalue weighted by molar-refractivity contribution is 9.10. The Morgan fingerprint density at radius 2 is 2.07 bits per heavy atom. The van der Waals surface area contributed by atoms with E-state index < -0.39 is 0 Å². The van der Waals surface area contributed by atoms with Crippen LogP contribution in [0.1, 0.15) is 24.4 Å². The van der Waals surface area contributed by atoms with Gasteiger partial charge < -0.3 is 11.5 Å². The molecule has 0 heterocycles. The first-order valence-corrected chi connectivity index (χ1v) is 5.39. The first kappa shape index (κ1) is 9.93. The molecule has 0 radical (unpaired) electrons. The van der Waals surface area contributed by atoms with Crippen molar-refractivity contribution in [3.8, 4) is 0 Å². The van der Waals surface area contributed by atoms with Crippen molar-refractivity contribution >= 4 is 21.6 Å². The molecule has 1 aliphatic rings. The summed E-state index contributed by atoms with van der Waals surface area (Å²) >= 11 is 3.13. The van der Waals surface area contributed by atoms with Crippen LogP contribution in [-0.2, 0) is 0 Å². The predicted octanol–water partition coefficient (Wildman–Crippen LogP) is 2.58. The quantitative estimate of drug-likeness (QED) is 0.802. The van der Waals surface area contributed by atoms with Crippen LogP contribution in [0.5, 0.6) is 0 Å². The summed E-state index contributed by atoms with van der Waals surface area (Å²) in [5.41, 5.74) is 13.0. The Kier molecular flexibility index (Phi) is 2.49. The topological polar surface area (TPSA) is 52.0 Å². The van der Waals surface area contributed by atoms with Crippen molar-refractivity contribution < 1.29 is 4.39 Å². The highest BCUT2D eigenvalue weighted by Gasteiger charge is 2.30. The van der Waals surface area contributed by atoms with E-state index in [-0.39, 0.29) is 11.9 Å². The van der Waals surface area contributed by atoms with Gasteiger partial charge in [0.1, 0.15) is 5.82 Å². The average molecular weight is 259 g/mol. The van der Waals surface area contributed by atoms with Gasteiger partial charge in [0, 0.05) is 11.7 Å². The van der Waals surface area contributed by atoms with Crippen LogP contribution >= 0.6 is 15.9 Å². The maximum atomic E-state index is 13.1. The van der Waals surface area contributed by atoms with E-state index in [1.54, 1.807) is 6.07 Å². The lowest BCUT2D eigenvalue weighted by molar-refractivity contribution is 0.609. The van der Waals surface area contributed by atoms with E-state index in [4.69, 9.17) is 11.5 Å². The molecule has 1 saturated carbocycles. The van der Waals surface area contributed by atoms with Crippen LogP contribution in [0.3, 0.4) is 0 Å². The third kappa shape index (κ3) is 1.77. The summed E-state index contributed by atoms with van der Waals surface area (Å²) in [6, 6.07) is 2.96. The fourth-order valence-electron chi connectivity index (χ4n) is 1.58. The molecule has 1 aromatic rings. The lowest BCUT2D eigenvalue weighted by Gasteiger charge is -2.14. The van der Waals surface area contributed by atoms with Gasteiger partial charge in [0.15, 0.2) is 0 Å². The number of rotatable bonds is 2. The number of hydrogen-bond acceptors (Lipinski definition) is 2. The van der Waals surface area contributed by atoms with E-state index in [1.807, 2.05) is 0 Å². The summed E-state index contributed by atoms with van der Waals surface area (Å²) < 4.78 is 13.5. The van der Waals surface area contributed by atoms with Gasteiger partial charge in [0.25, 0.3) is 0 Å². The lowest BCUT2D eigenvalue weighted by Crippen LogP contribution is -2.14. The monoisotopic (exact) mass is 258 g/mol. The molecule has 4 heteroatoms. The van der Waals surface area contributed by atoms with E-state index in [1.165, 1.54) is 6.07 Å². The molecule has 1 aliphatic carbocycles. The minimum Gasteiger partial charge on any atom is -0.398 e. The Labute approximate surface area is 90.6 Å². The Morgan fingerprint density at radius 3 is 2.64 bits per heavy atom. The Hall–Kier alpha value is -0.610. The van der Waals surface area contributed by atoms with Crippen molar-refractivity contribution in [3.05, 3.63) is 28.0 Å². The smallest absolute Gasteiger partial charge is 0.139 e. The molecule has 1 atom stereocenters. The van der Waals surface area contributed by atoms with Crippen molar-refractivity contribution in [2.75, 3.05) is 5.73 Å². The first-order valence-electron chi connectivity index (χ1n) is 4.59. The van der Waals surface area contributed by atoms with Crippen molar-refractivity contribution in [3.63, 3.8) is 0 Å². The van der Waals surface area contributed by atoms with Crippen LogP contribution in [0.25, 0.3) is 0 Å². The summed E-state index contributed by atoms with van der Waals surface area (Å²) in [4.78, 5) is 0. The maximum Gasteiger partial charge on any atom is 0.139 e. The van der Waals surface area contributed by atoms with Crippen molar-refractivity contribution in [1.29, 1.82) is 0 Å². The second-order valence-corrected chi connectivity index (χ2v) is 4.61. The molecule has 4 N–H and O–H groups in total. The maximum absolute atomic E-state index is 13.1. The molecule has 0 unspecified atom stereocenters. The molecule has 0 spiro atoms. The van der Waals surface area contributed by atoms with E-state index in [0.29, 0.717) is 16.1 Å². The molecule has 1 aromatic carbocycles. The molecule has 76 valence electrons. The normalized spacial score (nSPS) is 18.2. The molecule has 14 heavy (non-hydrogen) atoms. The summed E-state index contributed by atoms with van der Waals surface area (Å²) in [5, 5.41) is 0. The third-order valence-corrected chi connectivity index (χ3v) is 3.22. The van der Waals surface area contributed by atoms with Gasteiger partial charge in [-0.2, -0.15) is 0 Å². The number of nitrogen functional groups attached to an aromatic ring is 1. The van der Waals surface area contributed by atoms with Crippen molar-refractivity contribution in [1.82, 2.24) is 0 Å². The zero-order chi connectivity index (χ0) is 10.3. The summed E-state index contributed by atoms with van der Waals surface area (Å²) in [5.74, 6) is 0.184. The number of benzene rings is 1. The van der Waals surface area contributed by atoms with Crippen molar-refractivity contribution in [2.24, 2.45) is 11.7 Å². The Morgan fingerprint density at radius 1 is 1.43 bits per heavy atom. The predicted molar refractivity (Wildman–Crippen MR) is 58.2 cm³/mol. The van der Waals surface area contributed by atoms with E-state index >= 15 is 0 Å². The third-order valence-electron chi connectivity index (χ3n) is 2.61. The van der Waals surface area contributed by atoms with Gasteiger partial charge in [-0.1, -0.05) is 0 Å². The van der Waals surface area contributed by atoms with E-state index in [9.17, 15) is 4.39 Å². The van der Waals surface area contributed by atoms with Crippen LogP contribution in [0, 0.1) is 11.7 Å². The highest BCUT2D eigenvalue weighted by Crippen LogP contribution is 2.41. The highest BCUT2D eigenvalue weighted by atomic mass is 79.9. The Balaban J connectivity index is 2.36. The minimum atomic E-state index is -0.339. The summed E-state index contributed by atoms with van der Waals surface area (Å²) in [6.07, 6.45) is 2.30. The molecule has 0 aliphatic heterocycles. The molecule has 2 rings (SSSR count). The number of anilines is 1. The van der Waals surface area contributed by atoms with Crippen LogP contribution in [0.4, 0.5) is 10.1 Å². The number of nitrogens with two attached hydrogens (primary N) is 2. The second kappa shape index (κ2) is 3.51. The number of hydrogen-bond donors (Lipinski definition) is 2. The largest absolute Gasteiger partial charge is 0.398 e. The van der Waals surface area contributed by atoms with Crippen molar-refractivity contribution in [2.45, 2.75) is 18.9 Å². The van der Waals surface area contributed by atoms with Crippen LogP contribution in [-0.4, -0.2) is 0 Å². The molecule has 0 saturated heterocycles.